The molecule has 2 heterocycles. The number of rotatable bonds is 1. The number of nitrogen functional groups attached to an aromatic ring is 1. The number of anilines is 1. The predicted molar refractivity (Wildman–Crippen MR) is 53.6 cm³/mol. The van der Waals surface area contributed by atoms with Crippen molar-refractivity contribution in [2.45, 2.75) is 6.54 Å². The average molecular weight is 208 g/mol. The zero-order valence-electron chi connectivity index (χ0n) is 7.11. The Morgan fingerprint density at radius 3 is 3.07 bits per heavy atom. The lowest BCUT2D eigenvalue weighted by atomic mass is 10.5. The highest BCUT2D eigenvalue weighted by Gasteiger charge is 2.08. The van der Waals surface area contributed by atoms with Crippen LogP contribution in [0.3, 0.4) is 0 Å². The molecule has 2 N–H and O–H groups in total. The highest BCUT2D eigenvalue weighted by Crippen LogP contribution is 2.17. The number of hydrogen-bond donors (Lipinski definition) is 1. The Labute approximate surface area is 84.9 Å². The van der Waals surface area contributed by atoms with Gasteiger partial charge in [0.05, 0.1) is 12.9 Å². The summed E-state index contributed by atoms with van der Waals surface area (Å²) in [5, 5.41) is 0.0915. The molecule has 0 saturated heterocycles. The van der Waals surface area contributed by atoms with Crippen LogP contribution in [0.25, 0.3) is 11.2 Å². The number of fused-ring (bicyclic) bond motifs is 1. The fourth-order valence-corrected chi connectivity index (χ4v) is 1.32. The molecule has 70 valence electrons. The second kappa shape index (κ2) is 3.16. The Kier molecular flexibility index (Phi) is 1.98. The lowest BCUT2D eigenvalue weighted by molar-refractivity contribution is 0.857. The molecular formula is C8H6ClN5. The highest BCUT2D eigenvalue weighted by atomic mass is 35.5. The van der Waals surface area contributed by atoms with Crippen LogP contribution in [0.2, 0.25) is 5.28 Å². The first kappa shape index (κ1) is 8.78. The first-order valence-corrected chi connectivity index (χ1v) is 4.17. The van der Waals surface area contributed by atoms with E-state index < -0.39 is 0 Å². The van der Waals surface area contributed by atoms with Crippen LogP contribution < -0.4 is 5.73 Å². The smallest absolute Gasteiger partial charge is 0.226 e. The number of imidazole rings is 1. The minimum atomic E-state index is 0.0915. The third kappa shape index (κ3) is 1.26. The standard InChI is InChI=1S/C8H6ClN5/c1-2-3-14-4-11-5-6(10)12-8(9)13-7(5)14/h1,4H,3H2,(H2,10,12,13). The molecule has 0 aliphatic rings. The van der Waals surface area contributed by atoms with Crippen LogP contribution in [0, 0.1) is 12.3 Å². The van der Waals surface area contributed by atoms with E-state index in [1.807, 2.05) is 0 Å². The van der Waals surface area contributed by atoms with Gasteiger partial charge in [0.15, 0.2) is 11.5 Å². The van der Waals surface area contributed by atoms with E-state index in [1.54, 1.807) is 10.9 Å². The van der Waals surface area contributed by atoms with Crippen LogP contribution in [0.5, 0.6) is 0 Å². The Balaban J connectivity index is 2.73. The first-order chi connectivity index (χ1) is 6.72. The van der Waals surface area contributed by atoms with Crippen molar-refractivity contribution in [2.24, 2.45) is 0 Å². The molecule has 0 atom stereocenters. The van der Waals surface area contributed by atoms with Gasteiger partial charge in [-0.2, -0.15) is 9.97 Å². The Bertz CT molecular complexity index is 524. The van der Waals surface area contributed by atoms with Crippen LogP contribution in [0.1, 0.15) is 0 Å². The van der Waals surface area contributed by atoms with Crippen molar-refractivity contribution < 1.29 is 0 Å². The number of nitrogens with zero attached hydrogens (tertiary/aromatic N) is 4. The lowest BCUT2D eigenvalue weighted by Crippen LogP contribution is -1.98. The van der Waals surface area contributed by atoms with Crippen molar-refractivity contribution in [1.29, 1.82) is 0 Å². The van der Waals surface area contributed by atoms with Gasteiger partial charge in [0.2, 0.25) is 5.28 Å². The van der Waals surface area contributed by atoms with Crippen molar-refractivity contribution in [3.63, 3.8) is 0 Å². The minimum Gasteiger partial charge on any atom is -0.382 e. The summed E-state index contributed by atoms with van der Waals surface area (Å²) in [4.78, 5) is 11.8. The van der Waals surface area contributed by atoms with Gasteiger partial charge in [-0.3, -0.25) is 0 Å². The van der Waals surface area contributed by atoms with Gasteiger partial charge in [-0.05, 0) is 11.6 Å². The molecule has 2 aromatic heterocycles. The fourth-order valence-electron chi connectivity index (χ4n) is 1.15. The summed E-state index contributed by atoms with van der Waals surface area (Å²) >= 11 is 5.66. The predicted octanol–water partition coefficient (Wildman–Crippen LogP) is 0.695. The summed E-state index contributed by atoms with van der Waals surface area (Å²) in [5.74, 6) is 2.74. The van der Waals surface area contributed by atoms with Crippen LogP contribution >= 0.6 is 11.6 Å². The molecular weight excluding hydrogens is 202 g/mol. The van der Waals surface area contributed by atoms with Crippen molar-refractivity contribution in [2.75, 3.05) is 5.73 Å². The summed E-state index contributed by atoms with van der Waals surface area (Å²) in [6.45, 7) is 0.378. The second-order valence-corrected chi connectivity index (χ2v) is 2.96. The number of aromatic nitrogens is 4. The molecule has 5 nitrogen and oxygen atoms in total. The van der Waals surface area contributed by atoms with Gasteiger partial charge < -0.3 is 10.3 Å². The third-order valence-corrected chi connectivity index (χ3v) is 1.89. The van der Waals surface area contributed by atoms with E-state index in [2.05, 4.69) is 20.9 Å². The highest BCUT2D eigenvalue weighted by molar-refractivity contribution is 6.28. The van der Waals surface area contributed by atoms with Crippen LogP contribution in [-0.4, -0.2) is 19.5 Å². The molecule has 0 aliphatic heterocycles. The molecule has 2 aromatic rings. The molecule has 0 amide bonds. The molecule has 0 unspecified atom stereocenters. The number of halogens is 1. The van der Waals surface area contributed by atoms with Gasteiger partial charge in [0.1, 0.15) is 5.52 Å². The normalized spacial score (nSPS) is 10.3. The van der Waals surface area contributed by atoms with E-state index in [9.17, 15) is 0 Å². The molecule has 0 fully saturated rings. The summed E-state index contributed by atoms with van der Waals surface area (Å²) < 4.78 is 1.68. The van der Waals surface area contributed by atoms with Crippen molar-refractivity contribution >= 4 is 28.6 Å². The van der Waals surface area contributed by atoms with Crippen molar-refractivity contribution in [3.8, 4) is 12.3 Å². The SMILES string of the molecule is C#CCn1cnc2c(N)nc(Cl)nc21. The molecule has 2 rings (SSSR count). The van der Waals surface area contributed by atoms with Crippen molar-refractivity contribution in [1.82, 2.24) is 19.5 Å². The zero-order chi connectivity index (χ0) is 10.1. The summed E-state index contributed by atoms with van der Waals surface area (Å²) in [7, 11) is 0. The zero-order valence-corrected chi connectivity index (χ0v) is 7.86. The quantitative estimate of drug-likeness (QED) is 0.552. The minimum absolute atomic E-state index is 0.0915. The topological polar surface area (TPSA) is 69.6 Å². The maximum Gasteiger partial charge on any atom is 0.226 e. The van der Waals surface area contributed by atoms with E-state index in [-0.39, 0.29) is 11.1 Å². The molecule has 0 radical (unpaired) electrons. The Morgan fingerprint density at radius 2 is 2.36 bits per heavy atom. The van der Waals surface area contributed by atoms with Crippen LogP contribution in [0.15, 0.2) is 6.33 Å². The maximum absolute atomic E-state index is 5.66. The van der Waals surface area contributed by atoms with Crippen LogP contribution in [0.4, 0.5) is 5.82 Å². The van der Waals surface area contributed by atoms with Gasteiger partial charge in [-0.15, -0.1) is 6.42 Å². The lowest BCUT2D eigenvalue weighted by Gasteiger charge is -1.98. The van der Waals surface area contributed by atoms with E-state index in [1.165, 1.54) is 0 Å². The van der Waals surface area contributed by atoms with Gasteiger partial charge >= 0.3 is 0 Å². The van der Waals surface area contributed by atoms with Gasteiger partial charge in [0.25, 0.3) is 0 Å². The number of hydrogen-bond acceptors (Lipinski definition) is 4. The fraction of sp³-hybridized carbons (Fsp3) is 0.125. The molecule has 0 aliphatic carbocycles. The van der Waals surface area contributed by atoms with Gasteiger partial charge in [-0.25, -0.2) is 4.98 Å². The number of nitrogens with two attached hydrogens (primary N) is 1. The molecule has 6 heteroatoms. The summed E-state index contributed by atoms with van der Waals surface area (Å²) in [5.41, 5.74) is 6.68. The Hall–Kier alpha value is -1.80. The summed E-state index contributed by atoms with van der Waals surface area (Å²) in [6, 6.07) is 0. The largest absolute Gasteiger partial charge is 0.382 e. The maximum atomic E-state index is 5.66. The molecule has 0 aromatic carbocycles. The van der Waals surface area contributed by atoms with Crippen molar-refractivity contribution in [3.05, 3.63) is 11.6 Å². The molecule has 0 bridgehead atoms. The average Bonchev–Trinajstić information content (AvgIpc) is 2.49. The molecule has 0 spiro atoms. The van der Waals surface area contributed by atoms with E-state index >= 15 is 0 Å². The molecule has 14 heavy (non-hydrogen) atoms. The van der Waals surface area contributed by atoms with Gasteiger partial charge in [-0.1, -0.05) is 5.92 Å². The van der Waals surface area contributed by atoms with E-state index in [4.69, 9.17) is 23.8 Å². The third-order valence-electron chi connectivity index (χ3n) is 1.73. The molecule has 0 saturated carbocycles. The van der Waals surface area contributed by atoms with Crippen LogP contribution in [-0.2, 0) is 6.54 Å². The first-order valence-electron chi connectivity index (χ1n) is 3.79. The Morgan fingerprint density at radius 1 is 1.57 bits per heavy atom. The number of terminal acetylenes is 1. The monoisotopic (exact) mass is 207 g/mol. The van der Waals surface area contributed by atoms with E-state index in [0.29, 0.717) is 17.7 Å². The van der Waals surface area contributed by atoms with E-state index in [0.717, 1.165) is 0 Å². The van der Waals surface area contributed by atoms with Gasteiger partial charge in [0, 0.05) is 0 Å². The summed E-state index contributed by atoms with van der Waals surface area (Å²) in [6.07, 6.45) is 6.74. The second-order valence-electron chi connectivity index (χ2n) is 2.63.